The van der Waals surface area contributed by atoms with Crippen LogP contribution in [0.5, 0.6) is 0 Å². The summed E-state index contributed by atoms with van der Waals surface area (Å²) < 4.78 is 0. The van der Waals surface area contributed by atoms with Gasteiger partial charge in [-0.3, -0.25) is 14.7 Å². The normalized spacial score (nSPS) is 17.6. The quantitative estimate of drug-likeness (QED) is 0.835. The number of pyridine rings is 1. The largest absolute Gasteiger partial charge is 0.336 e. The van der Waals surface area contributed by atoms with E-state index in [2.05, 4.69) is 16.0 Å². The summed E-state index contributed by atoms with van der Waals surface area (Å²) in [6.45, 7) is 6.78. The standard InChI is InChI=1S/C15H20N4O/c1-3-14(10-16)18-6-8-19(9-7-18)15(20)13-5-4-12(2)17-11-13/h4-5,11,14H,3,6-9H2,1-2H3. The Morgan fingerprint density at radius 1 is 1.40 bits per heavy atom. The highest BCUT2D eigenvalue weighted by Crippen LogP contribution is 2.12. The molecule has 0 bridgehead atoms. The monoisotopic (exact) mass is 272 g/mol. The minimum absolute atomic E-state index is 0.0298. The van der Waals surface area contributed by atoms with Gasteiger partial charge in [0.1, 0.15) is 0 Å². The van der Waals surface area contributed by atoms with Crippen LogP contribution in [0, 0.1) is 18.3 Å². The Hall–Kier alpha value is -1.93. The van der Waals surface area contributed by atoms with Gasteiger partial charge in [0, 0.05) is 38.1 Å². The molecule has 1 aromatic rings. The fraction of sp³-hybridized carbons (Fsp3) is 0.533. The second-order valence-electron chi connectivity index (χ2n) is 5.07. The van der Waals surface area contributed by atoms with Crippen LogP contribution >= 0.6 is 0 Å². The summed E-state index contributed by atoms with van der Waals surface area (Å²) in [7, 11) is 0. The second kappa shape index (κ2) is 6.49. The highest BCUT2D eigenvalue weighted by Gasteiger charge is 2.25. The van der Waals surface area contributed by atoms with E-state index in [-0.39, 0.29) is 11.9 Å². The van der Waals surface area contributed by atoms with Crippen molar-refractivity contribution in [3.63, 3.8) is 0 Å². The lowest BCUT2D eigenvalue weighted by atomic mass is 10.1. The third-order valence-electron chi connectivity index (χ3n) is 3.74. The van der Waals surface area contributed by atoms with Crippen LogP contribution in [0.2, 0.25) is 0 Å². The molecule has 1 atom stereocenters. The van der Waals surface area contributed by atoms with Crippen molar-refractivity contribution in [3.05, 3.63) is 29.6 Å². The SMILES string of the molecule is CCC(C#N)N1CCN(C(=O)c2ccc(C)nc2)CC1. The van der Waals surface area contributed by atoms with Gasteiger partial charge in [-0.25, -0.2) is 0 Å². The maximum Gasteiger partial charge on any atom is 0.255 e. The zero-order valence-electron chi connectivity index (χ0n) is 12.0. The number of hydrogen-bond acceptors (Lipinski definition) is 4. The van der Waals surface area contributed by atoms with E-state index in [1.165, 1.54) is 0 Å². The van der Waals surface area contributed by atoms with Crippen LogP contribution in [-0.4, -0.2) is 52.9 Å². The summed E-state index contributed by atoms with van der Waals surface area (Å²) >= 11 is 0. The number of hydrogen-bond donors (Lipinski definition) is 0. The van der Waals surface area contributed by atoms with Gasteiger partial charge in [-0.15, -0.1) is 0 Å². The molecule has 5 heteroatoms. The molecule has 5 nitrogen and oxygen atoms in total. The third kappa shape index (κ3) is 3.14. The molecule has 1 saturated heterocycles. The molecule has 1 amide bonds. The molecular weight excluding hydrogens is 252 g/mol. The first-order chi connectivity index (χ1) is 9.65. The highest BCUT2D eigenvalue weighted by atomic mass is 16.2. The smallest absolute Gasteiger partial charge is 0.255 e. The van der Waals surface area contributed by atoms with E-state index in [1.54, 1.807) is 6.20 Å². The van der Waals surface area contributed by atoms with E-state index in [0.29, 0.717) is 18.7 Å². The van der Waals surface area contributed by atoms with Crippen LogP contribution < -0.4 is 0 Å². The average Bonchev–Trinajstić information content (AvgIpc) is 2.49. The van der Waals surface area contributed by atoms with E-state index < -0.39 is 0 Å². The van der Waals surface area contributed by atoms with E-state index in [1.807, 2.05) is 30.9 Å². The molecule has 0 aliphatic carbocycles. The third-order valence-corrected chi connectivity index (χ3v) is 3.74. The Balaban J connectivity index is 1.95. The lowest BCUT2D eigenvalue weighted by Crippen LogP contribution is -2.51. The highest BCUT2D eigenvalue weighted by molar-refractivity contribution is 5.94. The molecule has 0 aromatic carbocycles. The summed E-state index contributed by atoms with van der Waals surface area (Å²) in [6, 6.07) is 5.96. The van der Waals surface area contributed by atoms with Crippen molar-refractivity contribution in [2.45, 2.75) is 26.3 Å². The van der Waals surface area contributed by atoms with Crippen LogP contribution in [0.1, 0.15) is 29.4 Å². The van der Waals surface area contributed by atoms with Crippen LogP contribution in [0.4, 0.5) is 0 Å². The Labute approximate surface area is 119 Å². The average molecular weight is 272 g/mol. The predicted molar refractivity (Wildman–Crippen MR) is 76.1 cm³/mol. The first kappa shape index (κ1) is 14.5. The number of carbonyl (C=O) groups excluding carboxylic acids is 1. The van der Waals surface area contributed by atoms with E-state index in [9.17, 15) is 4.79 Å². The molecule has 0 spiro atoms. The van der Waals surface area contributed by atoms with Crippen LogP contribution in [0.3, 0.4) is 0 Å². The van der Waals surface area contributed by atoms with Gasteiger partial charge in [0.2, 0.25) is 0 Å². The van der Waals surface area contributed by atoms with Crippen molar-refractivity contribution < 1.29 is 4.79 Å². The van der Waals surface area contributed by atoms with Gasteiger partial charge in [-0.05, 0) is 25.5 Å². The summed E-state index contributed by atoms with van der Waals surface area (Å²) in [4.78, 5) is 20.5. The van der Waals surface area contributed by atoms with Crippen molar-refractivity contribution >= 4 is 5.91 Å². The molecule has 0 N–H and O–H groups in total. The summed E-state index contributed by atoms with van der Waals surface area (Å²) in [5, 5.41) is 9.08. The van der Waals surface area contributed by atoms with E-state index in [4.69, 9.17) is 5.26 Å². The molecule has 1 aromatic heterocycles. The zero-order valence-corrected chi connectivity index (χ0v) is 12.0. The van der Waals surface area contributed by atoms with Gasteiger partial charge < -0.3 is 4.90 Å². The molecule has 2 heterocycles. The maximum atomic E-state index is 12.3. The first-order valence-corrected chi connectivity index (χ1v) is 7.01. The number of nitrogens with zero attached hydrogens (tertiary/aromatic N) is 4. The molecule has 1 aliphatic rings. The number of aryl methyl sites for hydroxylation is 1. The molecule has 0 saturated carbocycles. The van der Waals surface area contributed by atoms with Crippen LogP contribution in [0.25, 0.3) is 0 Å². The van der Waals surface area contributed by atoms with Crippen molar-refractivity contribution in [1.29, 1.82) is 5.26 Å². The minimum Gasteiger partial charge on any atom is -0.336 e. The molecule has 1 fully saturated rings. The van der Waals surface area contributed by atoms with Crippen molar-refractivity contribution in [2.75, 3.05) is 26.2 Å². The fourth-order valence-corrected chi connectivity index (χ4v) is 2.44. The molecule has 1 unspecified atom stereocenters. The molecule has 20 heavy (non-hydrogen) atoms. The summed E-state index contributed by atoms with van der Waals surface area (Å²) in [5.41, 5.74) is 1.54. The van der Waals surface area contributed by atoms with E-state index in [0.717, 1.165) is 25.2 Å². The zero-order chi connectivity index (χ0) is 14.5. The van der Waals surface area contributed by atoms with Crippen molar-refractivity contribution in [1.82, 2.24) is 14.8 Å². The number of nitriles is 1. The maximum absolute atomic E-state index is 12.3. The first-order valence-electron chi connectivity index (χ1n) is 7.01. The van der Waals surface area contributed by atoms with Gasteiger partial charge in [0.25, 0.3) is 5.91 Å². The minimum atomic E-state index is -0.0340. The number of aromatic nitrogens is 1. The second-order valence-corrected chi connectivity index (χ2v) is 5.07. The summed E-state index contributed by atoms with van der Waals surface area (Å²) in [5.74, 6) is 0.0298. The predicted octanol–water partition coefficient (Wildman–Crippen LogP) is 1.45. The van der Waals surface area contributed by atoms with Crippen LogP contribution in [-0.2, 0) is 0 Å². The Morgan fingerprint density at radius 3 is 2.60 bits per heavy atom. The van der Waals surface area contributed by atoms with E-state index >= 15 is 0 Å². The molecule has 106 valence electrons. The number of carbonyl (C=O) groups is 1. The van der Waals surface area contributed by atoms with Gasteiger partial charge >= 0.3 is 0 Å². The Kier molecular flexibility index (Phi) is 4.70. The fourth-order valence-electron chi connectivity index (χ4n) is 2.44. The van der Waals surface area contributed by atoms with Gasteiger partial charge in [-0.2, -0.15) is 5.26 Å². The number of piperazine rings is 1. The lowest BCUT2D eigenvalue weighted by molar-refractivity contribution is 0.0604. The number of rotatable bonds is 3. The van der Waals surface area contributed by atoms with Crippen molar-refractivity contribution in [3.8, 4) is 6.07 Å². The summed E-state index contributed by atoms with van der Waals surface area (Å²) in [6.07, 6.45) is 2.46. The lowest BCUT2D eigenvalue weighted by Gasteiger charge is -2.36. The van der Waals surface area contributed by atoms with Crippen LogP contribution in [0.15, 0.2) is 18.3 Å². The van der Waals surface area contributed by atoms with Crippen molar-refractivity contribution in [2.24, 2.45) is 0 Å². The van der Waals surface area contributed by atoms with Gasteiger partial charge in [0.15, 0.2) is 0 Å². The molecule has 1 aliphatic heterocycles. The molecule has 0 radical (unpaired) electrons. The van der Waals surface area contributed by atoms with Gasteiger partial charge in [0.05, 0.1) is 17.7 Å². The molecular formula is C15H20N4O. The topological polar surface area (TPSA) is 60.2 Å². The Morgan fingerprint density at radius 2 is 2.10 bits per heavy atom. The van der Waals surface area contributed by atoms with Gasteiger partial charge in [-0.1, -0.05) is 6.92 Å². The Bertz CT molecular complexity index is 498. The number of amides is 1. The molecule has 2 rings (SSSR count).